The van der Waals surface area contributed by atoms with Gasteiger partial charge in [-0.25, -0.2) is 0 Å². The van der Waals surface area contributed by atoms with E-state index in [2.05, 4.69) is 25.1 Å². The molecule has 1 saturated carbocycles. The molecule has 0 spiro atoms. The molecule has 0 heterocycles. The molecule has 0 aromatic heterocycles. The Morgan fingerprint density at radius 2 is 1.96 bits per heavy atom. The van der Waals surface area contributed by atoms with Gasteiger partial charge in [-0.1, -0.05) is 25.1 Å². The third-order valence-electron chi connectivity index (χ3n) is 5.69. The van der Waals surface area contributed by atoms with Crippen LogP contribution >= 0.6 is 0 Å². The highest BCUT2D eigenvalue weighted by molar-refractivity contribution is 6.00. The summed E-state index contributed by atoms with van der Waals surface area (Å²) in [5.41, 5.74) is -0.0516. The van der Waals surface area contributed by atoms with Crippen LogP contribution in [0.15, 0.2) is 35.9 Å². The minimum Gasteiger partial charge on any atom is -0.497 e. The summed E-state index contributed by atoms with van der Waals surface area (Å²) in [4.78, 5) is 0. The molecule has 0 amide bonds. The number of hydrogen-bond donors (Lipinski definition) is 1. The largest absolute Gasteiger partial charge is 0.497 e. The maximum Gasteiger partial charge on any atom is 0.189 e. The van der Waals surface area contributed by atoms with Gasteiger partial charge >= 0.3 is 0 Å². The normalized spacial score (nSPS) is 29.3. The topological polar surface area (TPSA) is 104 Å². The highest BCUT2D eigenvalue weighted by atomic mass is 16.5. The maximum absolute atomic E-state index is 9.97. The fourth-order valence-corrected chi connectivity index (χ4v) is 4.42. The van der Waals surface area contributed by atoms with E-state index in [9.17, 15) is 15.8 Å². The lowest BCUT2D eigenvalue weighted by Gasteiger charge is -2.46. The molecule has 1 aromatic rings. The summed E-state index contributed by atoms with van der Waals surface area (Å²) < 4.78 is 5.32. The number of fused-ring (bicyclic) bond motifs is 1. The van der Waals surface area contributed by atoms with Crippen LogP contribution in [0.2, 0.25) is 0 Å². The monoisotopic (exact) mass is 344 g/mol. The van der Waals surface area contributed by atoms with Crippen molar-refractivity contribution in [2.24, 2.45) is 23.2 Å². The molecule has 0 bridgehead atoms. The molecule has 4 atom stereocenters. The van der Waals surface area contributed by atoms with Crippen molar-refractivity contribution in [2.45, 2.75) is 25.7 Å². The van der Waals surface area contributed by atoms with Gasteiger partial charge in [0, 0.05) is 5.92 Å². The number of nitrogens with zero attached hydrogens (tertiary/aromatic N) is 3. The van der Waals surface area contributed by atoms with Crippen molar-refractivity contribution in [1.82, 2.24) is 0 Å². The summed E-state index contributed by atoms with van der Waals surface area (Å²) in [7, 11) is 1.57. The number of allylic oxidation sites excluding steroid dienone is 2. The van der Waals surface area contributed by atoms with E-state index in [-0.39, 0.29) is 11.6 Å². The fourth-order valence-electron chi connectivity index (χ4n) is 4.42. The second kappa shape index (κ2) is 6.66. The van der Waals surface area contributed by atoms with E-state index in [1.165, 1.54) is 0 Å². The first-order chi connectivity index (χ1) is 12.5. The number of hydrogen-bond acceptors (Lipinski definition) is 5. The van der Waals surface area contributed by atoms with Gasteiger partial charge in [-0.2, -0.15) is 15.8 Å². The first-order valence-corrected chi connectivity index (χ1v) is 8.67. The van der Waals surface area contributed by atoms with Crippen LogP contribution in [0, 0.1) is 62.6 Å². The van der Waals surface area contributed by atoms with Gasteiger partial charge in [0.15, 0.2) is 5.41 Å². The standard InChI is InChI=1S/C21H20N4O/c1-13-6-7-16-17(8-13)19(14-4-3-5-15(9-14)26-2)21(11-23,12-24)20(25)18(16)10-22/h3-5,7,9,13,17-19,25H,6,8H2,1-2H3/t13-,17+,18?,19+/m1/s1. The Kier molecular flexibility index (Phi) is 4.54. The zero-order chi connectivity index (χ0) is 18.9. The van der Waals surface area contributed by atoms with Crippen molar-refractivity contribution in [2.75, 3.05) is 7.11 Å². The molecule has 0 radical (unpaired) electrons. The van der Waals surface area contributed by atoms with Crippen molar-refractivity contribution in [3.05, 3.63) is 41.5 Å². The summed E-state index contributed by atoms with van der Waals surface area (Å²) in [6, 6.07) is 13.8. The molecule has 3 rings (SSSR count). The zero-order valence-corrected chi connectivity index (χ0v) is 14.9. The number of nitrogens with one attached hydrogen (secondary N) is 1. The Morgan fingerprint density at radius 1 is 1.23 bits per heavy atom. The van der Waals surface area contributed by atoms with Gasteiger partial charge < -0.3 is 10.1 Å². The Balaban J connectivity index is 2.26. The van der Waals surface area contributed by atoms with Crippen molar-refractivity contribution >= 4 is 5.71 Å². The van der Waals surface area contributed by atoms with Crippen LogP contribution in [0.25, 0.3) is 0 Å². The van der Waals surface area contributed by atoms with Gasteiger partial charge in [0.1, 0.15) is 11.7 Å². The average Bonchev–Trinajstić information content (AvgIpc) is 2.67. The quantitative estimate of drug-likeness (QED) is 0.820. The van der Waals surface area contributed by atoms with Crippen molar-refractivity contribution in [3.8, 4) is 24.0 Å². The number of nitriles is 3. The van der Waals surface area contributed by atoms with Crippen LogP contribution in [-0.4, -0.2) is 12.8 Å². The van der Waals surface area contributed by atoms with E-state index in [0.29, 0.717) is 11.7 Å². The molecule has 26 heavy (non-hydrogen) atoms. The van der Waals surface area contributed by atoms with Crippen molar-refractivity contribution in [3.63, 3.8) is 0 Å². The lowest BCUT2D eigenvalue weighted by Crippen LogP contribution is -2.49. The number of benzene rings is 1. The van der Waals surface area contributed by atoms with Crippen LogP contribution in [0.4, 0.5) is 0 Å². The molecule has 0 aliphatic heterocycles. The van der Waals surface area contributed by atoms with Crippen LogP contribution in [0.5, 0.6) is 5.75 Å². The minimum atomic E-state index is -1.65. The Labute approximate surface area is 153 Å². The van der Waals surface area contributed by atoms with Crippen LogP contribution < -0.4 is 4.74 Å². The number of methoxy groups -OCH3 is 1. The third-order valence-corrected chi connectivity index (χ3v) is 5.69. The zero-order valence-electron chi connectivity index (χ0n) is 14.9. The molecule has 2 aliphatic rings. The highest BCUT2D eigenvalue weighted by Crippen LogP contribution is 2.56. The lowest BCUT2D eigenvalue weighted by molar-refractivity contribution is 0.283. The van der Waals surface area contributed by atoms with Crippen molar-refractivity contribution < 1.29 is 4.74 Å². The second-order valence-corrected chi connectivity index (χ2v) is 7.15. The minimum absolute atomic E-state index is 0.102. The van der Waals surface area contributed by atoms with Crippen LogP contribution in [-0.2, 0) is 0 Å². The van der Waals surface area contributed by atoms with E-state index < -0.39 is 17.3 Å². The molecule has 0 saturated heterocycles. The molecular weight excluding hydrogens is 324 g/mol. The van der Waals surface area contributed by atoms with E-state index in [1.807, 2.05) is 30.3 Å². The van der Waals surface area contributed by atoms with Gasteiger partial charge in [0.2, 0.25) is 0 Å². The summed E-state index contributed by atoms with van der Waals surface area (Å²) in [6.07, 6.45) is 3.70. The fraction of sp³-hybridized carbons (Fsp3) is 0.429. The first kappa shape index (κ1) is 17.7. The summed E-state index contributed by atoms with van der Waals surface area (Å²) in [5, 5.41) is 38.2. The molecule has 5 heteroatoms. The summed E-state index contributed by atoms with van der Waals surface area (Å²) >= 11 is 0. The molecule has 1 N–H and O–H groups in total. The predicted octanol–water partition coefficient (Wildman–Crippen LogP) is 3.96. The predicted molar refractivity (Wildman–Crippen MR) is 96.2 cm³/mol. The maximum atomic E-state index is 9.97. The Bertz CT molecular complexity index is 882. The smallest absolute Gasteiger partial charge is 0.189 e. The second-order valence-electron chi connectivity index (χ2n) is 7.15. The first-order valence-electron chi connectivity index (χ1n) is 8.67. The van der Waals surface area contributed by atoms with Gasteiger partial charge in [0.05, 0.1) is 31.0 Å². The lowest BCUT2D eigenvalue weighted by atomic mass is 9.52. The summed E-state index contributed by atoms with van der Waals surface area (Å²) in [6.45, 7) is 2.14. The van der Waals surface area contributed by atoms with Gasteiger partial charge in [-0.15, -0.1) is 0 Å². The van der Waals surface area contributed by atoms with Crippen LogP contribution in [0.3, 0.4) is 0 Å². The van der Waals surface area contributed by atoms with E-state index in [4.69, 9.17) is 10.1 Å². The third kappa shape index (κ3) is 2.47. The molecule has 1 unspecified atom stereocenters. The molecule has 130 valence electrons. The Morgan fingerprint density at radius 3 is 2.58 bits per heavy atom. The van der Waals surface area contributed by atoms with Crippen molar-refractivity contribution in [1.29, 1.82) is 21.2 Å². The van der Waals surface area contributed by atoms with E-state index in [1.54, 1.807) is 7.11 Å². The molecule has 1 fully saturated rings. The van der Waals surface area contributed by atoms with E-state index >= 15 is 0 Å². The van der Waals surface area contributed by atoms with Gasteiger partial charge in [-0.05, 0) is 47.9 Å². The molecule has 5 nitrogen and oxygen atoms in total. The van der Waals surface area contributed by atoms with E-state index in [0.717, 1.165) is 24.0 Å². The molecule has 1 aromatic carbocycles. The Hall–Kier alpha value is -3.10. The highest BCUT2D eigenvalue weighted by Gasteiger charge is 2.57. The molecular formula is C21H20N4O. The SMILES string of the molecule is COc1cccc([C@H]2[C@H]3C[C@H](C)CC=C3C(C#N)C(=N)C2(C#N)C#N)c1. The number of ether oxygens (including phenoxy) is 1. The van der Waals surface area contributed by atoms with Gasteiger partial charge in [-0.3, -0.25) is 0 Å². The van der Waals surface area contributed by atoms with Crippen LogP contribution in [0.1, 0.15) is 31.2 Å². The summed E-state index contributed by atoms with van der Waals surface area (Å²) in [5.74, 6) is -0.342. The molecule has 2 aliphatic carbocycles. The number of rotatable bonds is 2. The average molecular weight is 344 g/mol. The van der Waals surface area contributed by atoms with Gasteiger partial charge in [0.25, 0.3) is 0 Å².